The zero-order valence-corrected chi connectivity index (χ0v) is 8.01. The van der Waals surface area contributed by atoms with Crippen LogP contribution in [0.1, 0.15) is 5.56 Å². The lowest BCUT2D eigenvalue weighted by atomic mass is 10.2. The van der Waals surface area contributed by atoms with E-state index < -0.39 is 0 Å². The second-order valence-electron chi connectivity index (χ2n) is 2.27. The summed E-state index contributed by atoms with van der Waals surface area (Å²) in [5.74, 6) is -0.249. The number of allylic oxidation sites excluding steroid dienone is 2. The average Bonchev–Trinajstić information content (AvgIpc) is 2.07. The molecule has 1 aromatic carbocycles. The molecule has 0 unspecified atom stereocenters. The molecule has 0 saturated carbocycles. The summed E-state index contributed by atoms with van der Waals surface area (Å²) >= 11 is 3.08. The number of hydrogen-bond donors (Lipinski definition) is 0. The van der Waals surface area contributed by atoms with Crippen molar-refractivity contribution in [1.29, 1.82) is 0 Å². The molecule has 0 N–H and O–H groups in total. The van der Waals surface area contributed by atoms with Gasteiger partial charge in [0, 0.05) is 0 Å². The molecule has 0 aliphatic carbocycles. The number of benzene rings is 1. The molecule has 0 nitrogen and oxygen atoms in total. The largest absolute Gasteiger partial charge is 0.206 e. The summed E-state index contributed by atoms with van der Waals surface area (Å²) in [4.78, 5) is 0. The van der Waals surface area contributed by atoms with Gasteiger partial charge >= 0.3 is 0 Å². The SMILES string of the molecule is C=C/C=C/c1ccc(Br)c(F)c1. The lowest BCUT2D eigenvalue weighted by Gasteiger charge is -1.95. The third-order valence-electron chi connectivity index (χ3n) is 1.37. The molecule has 12 heavy (non-hydrogen) atoms. The van der Waals surface area contributed by atoms with E-state index in [1.807, 2.05) is 6.07 Å². The lowest BCUT2D eigenvalue weighted by molar-refractivity contribution is 0.621. The molecule has 0 radical (unpaired) electrons. The minimum absolute atomic E-state index is 0.249. The van der Waals surface area contributed by atoms with E-state index in [0.717, 1.165) is 5.56 Å². The van der Waals surface area contributed by atoms with Crippen molar-refractivity contribution < 1.29 is 4.39 Å². The minimum atomic E-state index is -0.249. The third kappa shape index (κ3) is 2.31. The van der Waals surface area contributed by atoms with E-state index in [1.165, 1.54) is 6.07 Å². The third-order valence-corrected chi connectivity index (χ3v) is 2.01. The Bertz CT molecular complexity index is 316. The van der Waals surface area contributed by atoms with Crippen LogP contribution >= 0.6 is 15.9 Å². The lowest BCUT2D eigenvalue weighted by Crippen LogP contribution is -1.78. The van der Waals surface area contributed by atoms with E-state index in [2.05, 4.69) is 22.5 Å². The van der Waals surface area contributed by atoms with Crippen LogP contribution in [0.5, 0.6) is 0 Å². The Morgan fingerprint density at radius 2 is 2.17 bits per heavy atom. The predicted octanol–water partition coefficient (Wildman–Crippen LogP) is 3.79. The molecular weight excluding hydrogens is 219 g/mol. The maximum absolute atomic E-state index is 12.9. The first-order valence-corrected chi connectivity index (χ1v) is 4.27. The van der Waals surface area contributed by atoms with Crippen molar-refractivity contribution in [3.63, 3.8) is 0 Å². The van der Waals surface area contributed by atoms with Crippen LogP contribution in [0, 0.1) is 5.82 Å². The first kappa shape index (κ1) is 9.20. The first-order chi connectivity index (χ1) is 5.74. The van der Waals surface area contributed by atoms with Crippen molar-refractivity contribution in [3.05, 3.63) is 52.8 Å². The first-order valence-electron chi connectivity index (χ1n) is 3.48. The Hall–Kier alpha value is -0.890. The average molecular weight is 227 g/mol. The van der Waals surface area contributed by atoms with Gasteiger partial charge in [0.05, 0.1) is 4.47 Å². The van der Waals surface area contributed by atoms with Crippen LogP contribution in [0.3, 0.4) is 0 Å². The summed E-state index contributed by atoms with van der Waals surface area (Å²) < 4.78 is 13.4. The van der Waals surface area contributed by atoms with E-state index in [0.29, 0.717) is 4.47 Å². The van der Waals surface area contributed by atoms with Crippen LogP contribution in [-0.2, 0) is 0 Å². The fraction of sp³-hybridized carbons (Fsp3) is 0. The van der Waals surface area contributed by atoms with E-state index in [-0.39, 0.29) is 5.82 Å². The summed E-state index contributed by atoms with van der Waals surface area (Å²) in [7, 11) is 0. The van der Waals surface area contributed by atoms with Gasteiger partial charge in [-0.1, -0.05) is 30.9 Å². The summed E-state index contributed by atoms with van der Waals surface area (Å²) in [6.45, 7) is 3.53. The van der Waals surface area contributed by atoms with Crippen LogP contribution in [0.15, 0.2) is 41.4 Å². The Morgan fingerprint density at radius 1 is 1.42 bits per heavy atom. The van der Waals surface area contributed by atoms with Crippen molar-refractivity contribution >= 4 is 22.0 Å². The number of hydrogen-bond acceptors (Lipinski definition) is 0. The molecule has 0 aliphatic heterocycles. The van der Waals surface area contributed by atoms with Gasteiger partial charge in [-0.3, -0.25) is 0 Å². The van der Waals surface area contributed by atoms with Gasteiger partial charge in [0.1, 0.15) is 5.82 Å². The molecule has 62 valence electrons. The predicted molar refractivity (Wildman–Crippen MR) is 53.3 cm³/mol. The fourth-order valence-electron chi connectivity index (χ4n) is 0.795. The molecule has 2 heteroatoms. The highest BCUT2D eigenvalue weighted by molar-refractivity contribution is 9.10. The summed E-state index contributed by atoms with van der Waals surface area (Å²) in [5, 5.41) is 0. The van der Waals surface area contributed by atoms with Crippen molar-refractivity contribution in [3.8, 4) is 0 Å². The Morgan fingerprint density at radius 3 is 2.75 bits per heavy atom. The summed E-state index contributed by atoms with van der Waals surface area (Å²) in [6.07, 6.45) is 5.21. The molecule has 0 spiro atoms. The van der Waals surface area contributed by atoms with E-state index in [9.17, 15) is 4.39 Å². The molecule has 0 fully saturated rings. The Balaban J connectivity index is 2.96. The van der Waals surface area contributed by atoms with Gasteiger partial charge < -0.3 is 0 Å². The normalized spacial score (nSPS) is 10.5. The molecule has 0 atom stereocenters. The van der Waals surface area contributed by atoms with Crippen molar-refractivity contribution in [2.75, 3.05) is 0 Å². The highest BCUT2D eigenvalue weighted by atomic mass is 79.9. The molecule has 0 aliphatic rings. The van der Waals surface area contributed by atoms with E-state index in [1.54, 1.807) is 24.3 Å². The Kier molecular flexibility index (Phi) is 3.23. The van der Waals surface area contributed by atoms with Gasteiger partial charge in [0.25, 0.3) is 0 Å². The summed E-state index contributed by atoms with van der Waals surface area (Å²) in [6, 6.07) is 4.97. The van der Waals surface area contributed by atoms with Crippen LogP contribution < -0.4 is 0 Å². The fourth-order valence-corrected chi connectivity index (χ4v) is 1.04. The van der Waals surface area contributed by atoms with Crippen molar-refractivity contribution in [1.82, 2.24) is 0 Å². The van der Waals surface area contributed by atoms with Crippen molar-refractivity contribution in [2.45, 2.75) is 0 Å². The van der Waals surface area contributed by atoms with Gasteiger partial charge in [-0.25, -0.2) is 4.39 Å². The topological polar surface area (TPSA) is 0 Å². The monoisotopic (exact) mass is 226 g/mol. The minimum Gasteiger partial charge on any atom is -0.206 e. The van der Waals surface area contributed by atoms with Crippen LogP contribution in [0.25, 0.3) is 6.08 Å². The van der Waals surface area contributed by atoms with Gasteiger partial charge in [-0.2, -0.15) is 0 Å². The standard InChI is InChI=1S/C10H8BrF/c1-2-3-4-8-5-6-9(11)10(12)7-8/h2-7H,1H2/b4-3+. The van der Waals surface area contributed by atoms with Gasteiger partial charge in [0.2, 0.25) is 0 Å². The molecule has 0 heterocycles. The molecule has 0 bridgehead atoms. The molecule has 0 aromatic heterocycles. The highest BCUT2D eigenvalue weighted by Gasteiger charge is 1.96. The molecule has 0 amide bonds. The quantitative estimate of drug-likeness (QED) is 0.674. The number of halogens is 2. The molecular formula is C10H8BrF. The number of rotatable bonds is 2. The van der Waals surface area contributed by atoms with Crippen LogP contribution in [-0.4, -0.2) is 0 Å². The van der Waals surface area contributed by atoms with Crippen LogP contribution in [0.2, 0.25) is 0 Å². The zero-order valence-electron chi connectivity index (χ0n) is 6.43. The summed E-state index contributed by atoms with van der Waals surface area (Å²) in [5.41, 5.74) is 0.829. The molecule has 1 rings (SSSR count). The van der Waals surface area contributed by atoms with Crippen molar-refractivity contribution in [2.24, 2.45) is 0 Å². The maximum atomic E-state index is 12.9. The Labute approximate surface area is 79.5 Å². The van der Waals surface area contributed by atoms with E-state index in [4.69, 9.17) is 0 Å². The van der Waals surface area contributed by atoms with Gasteiger partial charge in [-0.05, 0) is 33.6 Å². The van der Waals surface area contributed by atoms with E-state index >= 15 is 0 Å². The smallest absolute Gasteiger partial charge is 0.137 e. The zero-order chi connectivity index (χ0) is 8.97. The van der Waals surface area contributed by atoms with Gasteiger partial charge in [-0.15, -0.1) is 0 Å². The van der Waals surface area contributed by atoms with Gasteiger partial charge in [0.15, 0.2) is 0 Å². The van der Waals surface area contributed by atoms with Crippen LogP contribution in [0.4, 0.5) is 4.39 Å². The molecule has 0 saturated heterocycles. The second kappa shape index (κ2) is 4.21. The second-order valence-corrected chi connectivity index (χ2v) is 3.12. The maximum Gasteiger partial charge on any atom is 0.137 e. The highest BCUT2D eigenvalue weighted by Crippen LogP contribution is 2.16. The molecule has 1 aromatic rings.